The van der Waals surface area contributed by atoms with E-state index in [1.54, 1.807) is 35.0 Å². The Morgan fingerprint density at radius 2 is 2.04 bits per heavy atom. The van der Waals surface area contributed by atoms with Crippen molar-refractivity contribution in [1.29, 1.82) is 0 Å². The van der Waals surface area contributed by atoms with Crippen LogP contribution >= 0.6 is 23.2 Å². The van der Waals surface area contributed by atoms with Crippen molar-refractivity contribution in [3.05, 3.63) is 33.8 Å². The second-order valence-electron chi connectivity index (χ2n) is 6.95. The number of carbonyl (C=O) groups excluding carboxylic acids is 2. The van der Waals surface area contributed by atoms with Gasteiger partial charge < -0.3 is 9.80 Å². The first-order valence-corrected chi connectivity index (χ1v) is 10.9. The molecule has 0 unspecified atom stereocenters. The molecular weight excluding hydrogens is 399 g/mol. The van der Waals surface area contributed by atoms with Gasteiger partial charge >= 0.3 is 0 Å². The van der Waals surface area contributed by atoms with E-state index in [-0.39, 0.29) is 42.3 Å². The van der Waals surface area contributed by atoms with Crippen molar-refractivity contribution < 1.29 is 18.0 Å². The lowest BCUT2D eigenvalue weighted by atomic mass is 10.1. The molecule has 26 heavy (non-hydrogen) atoms. The summed E-state index contributed by atoms with van der Waals surface area (Å²) in [6, 6.07) is 4.89. The van der Waals surface area contributed by atoms with Gasteiger partial charge in [-0.25, -0.2) is 8.42 Å². The summed E-state index contributed by atoms with van der Waals surface area (Å²) in [4.78, 5) is 28.1. The van der Waals surface area contributed by atoms with Crippen molar-refractivity contribution in [1.82, 2.24) is 9.80 Å². The van der Waals surface area contributed by atoms with E-state index in [4.69, 9.17) is 23.2 Å². The average molecular weight is 419 g/mol. The van der Waals surface area contributed by atoms with Crippen molar-refractivity contribution in [2.24, 2.45) is 5.92 Å². The van der Waals surface area contributed by atoms with Gasteiger partial charge in [-0.15, -0.1) is 0 Å². The minimum atomic E-state index is -3.07. The van der Waals surface area contributed by atoms with Gasteiger partial charge in [-0.2, -0.15) is 0 Å². The van der Waals surface area contributed by atoms with Crippen molar-refractivity contribution in [3.63, 3.8) is 0 Å². The molecule has 2 amide bonds. The molecule has 1 aromatic carbocycles. The predicted octanol–water partition coefficient (Wildman–Crippen LogP) is 1.99. The van der Waals surface area contributed by atoms with Crippen LogP contribution in [0.4, 0.5) is 0 Å². The summed E-state index contributed by atoms with van der Waals surface area (Å²) >= 11 is 11.9. The molecule has 2 fully saturated rings. The number of sulfone groups is 1. The van der Waals surface area contributed by atoms with Crippen LogP contribution in [0.15, 0.2) is 18.2 Å². The molecule has 2 heterocycles. The van der Waals surface area contributed by atoms with E-state index in [0.29, 0.717) is 23.0 Å². The molecule has 2 saturated heterocycles. The Kier molecular flexibility index (Phi) is 5.51. The number of benzene rings is 1. The number of halogens is 2. The standard InChI is InChI=1S/C17H20Cl2N2O4S/c1-20(8-11-2-3-14(18)15(19)6-11)17(23)12-7-16(22)21(9-12)13-4-5-26(24,25)10-13/h2-3,6,12-13H,4-5,7-10H2,1H3/t12-,13-/m0/s1. The number of carbonyl (C=O) groups is 2. The zero-order valence-electron chi connectivity index (χ0n) is 14.3. The van der Waals surface area contributed by atoms with Gasteiger partial charge in [-0.1, -0.05) is 29.3 Å². The number of hydrogen-bond acceptors (Lipinski definition) is 4. The van der Waals surface area contributed by atoms with Crippen molar-refractivity contribution in [3.8, 4) is 0 Å². The molecule has 0 N–H and O–H groups in total. The average Bonchev–Trinajstić information content (AvgIpc) is 3.12. The molecule has 142 valence electrons. The molecule has 0 bridgehead atoms. The fraction of sp³-hybridized carbons (Fsp3) is 0.529. The summed E-state index contributed by atoms with van der Waals surface area (Å²) in [6.45, 7) is 0.641. The predicted molar refractivity (Wildman–Crippen MR) is 99.8 cm³/mol. The van der Waals surface area contributed by atoms with Crippen LogP contribution in [-0.2, 0) is 26.0 Å². The molecule has 0 aromatic heterocycles. The number of likely N-dealkylation sites (tertiary alicyclic amines) is 1. The topological polar surface area (TPSA) is 74.8 Å². The first-order valence-electron chi connectivity index (χ1n) is 8.35. The highest BCUT2D eigenvalue weighted by Crippen LogP contribution is 2.28. The largest absolute Gasteiger partial charge is 0.341 e. The van der Waals surface area contributed by atoms with E-state index in [9.17, 15) is 18.0 Å². The van der Waals surface area contributed by atoms with E-state index in [0.717, 1.165) is 5.56 Å². The number of nitrogens with zero attached hydrogens (tertiary/aromatic N) is 2. The fourth-order valence-electron chi connectivity index (χ4n) is 3.57. The molecule has 2 aliphatic rings. The number of rotatable bonds is 4. The Hall–Kier alpha value is -1.31. The van der Waals surface area contributed by atoms with Crippen LogP contribution in [-0.4, -0.2) is 61.2 Å². The molecule has 0 aliphatic carbocycles. The van der Waals surface area contributed by atoms with E-state index in [2.05, 4.69) is 0 Å². The lowest BCUT2D eigenvalue weighted by Crippen LogP contribution is -2.39. The summed E-state index contributed by atoms with van der Waals surface area (Å²) in [5.41, 5.74) is 0.846. The van der Waals surface area contributed by atoms with Gasteiger partial charge in [0.2, 0.25) is 11.8 Å². The molecule has 3 rings (SSSR count). The van der Waals surface area contributed by atoms with Crippen LogP contribution in [0.2, 0.25) is 10.0 Å². The van der Waals surface area contributed by atoms with Crippen LogP contribution < -0.4 is 0 Å². The van der Waals surface area contributed by atoms with Crippen LogP contribution in [0, 0.1) is 5.92 Å². The van der Waals surface area contributed by atoms with E-state index < -0.39 is 15.8 Å². The molecule has 6 nitrogen and oxygen atoms in total. The molecule has 1 aromatic rings. The van der Waals surface area contributed by atoms with Gasteiger partial charge in [0.05, 0.1) is 27.5 Å². The third-order valence-electron chi connectivity index (χ3n) is 4.94. The lowest BCUT2D eigenvalue weighted by Gasteiger charge is -2.24. The SMILES string of the molecule is CN(Cc1ccc(Cl)c(Cl)c1)C(=O)[C@H]1CC(=O)N([C@H]2CCS(=O)(=O)C2)C1. The summed E-state index contributed by atoms with van der Waals surface area (Å²) in [7, 11) is -1.39. The van der Waals surface area contributed by atoms with Gasteiger partial charge in [0.15, 0.2) is 9.84 Å². The maximum atomic E-state index is 12.7. The maximum Gasteiger partial charge on any atom is 0.228 e. The Morgan fingerprint density at radius 1 is 1.31 bits per heavy atom. The first-order chi connectivity index (χ1) is 12.2. The van der Waals surface area contributed by atoms with Gasteiger partial charge in [-0.05, 0) is 24.1 Å². The van der Waals surface area contributed by atoms with Gasteiger partial charge in [0, 0.05) is 32.6 Å². The van der Waals surface area contributed by atoms with Crippen LogP contribution in [0.3, 0.4) is 0 Å². The fourth-order valence-corrected chi connectivity index (χ4v) is 5.62. The Morgan fingerprint density at radius 3 is 2.65 bits per heavy atom. The molecule has 0 spiro atoms. The summed E-state index contributed by atoms with van der Waals surface area (Å²) < 4.78 is 23.3. The van der Waals surface area contributed by atoms with Crippen molar-refractivity contribution in [2.45, 2.75) is 25.4 Å². The van der Waals surface area contributed by atoms with E-state index in [1.165, 1.54) is 0 Å². The second-order valence-corrected chi connectivity index (χ2v) is 9.99. The number of amides is 2. The second kappa shape index (κ2) is 7.37. The first kappa shape index (κ1) is 19.5. The zero-order valence-corrected chi connectivity index (χ0v) is 16.6. The Labute approximate surface area is 163 Å². The normalized spacial score (nSPS) is 24.9. The van der Waals surface area contributed by atoms with Gasteiger partial charge in [0.25, 0.3) is 0 Å². The molecule has 0 saturated carbocycles. The lowest BCUT2D eigenvalue weighted by molar-refractivity contribution is -0.135. The minimum Gasteiger partial charge on any atom is -0.341 e. The molecule has 2 aliphatic heterocycles. The van der Waals surface area contributed by atoms with Crippen molar-refractivity contribution >= 4 is 44.9 Å². The number of hydrogen-bond donors (Lipinski definition) is 0. The molecule has 0 radical (unpaired) electrons. The highest BCUT2D eigenvalue weighted by atomic mass is 35.5. The zero-order chi connectivity index (χ0) is 19.1. The van der Waals surface area contributed by atoms with Gasteiger partial charge in [0.1, 0.15) is 0 Å². The molecule has 9 heteroatoms. The van der Waals surface area contributed by atoms with Crippen LogP contribution in [0.1, 0.15) is 18.4 Å². The third-order valence-corrected chi connectivity index (χ3v) is 7.43. The monoisotopic (exact) mass is 418 g/mol. The summed E-state index contributed by atoms with van der Waals surface area (Å²) in [6.07, 6.45) is 0.579. The molecular formula is C17H20Cl2N2O4S. The van der Waals surface area contributed by atoms with Crippen LogP contribution in [0.5, 0.6) is 0 Å². The highest BCUT2D eigenvalue weighted by molar-refractivity contribution is 7.91. The maximum absolute atomic E-state index is 12.7. The van der Waals surface area contributed by atoms with Crippen LogP contribution in [0.25, 0.3) is 0 Å². The molecule has 2 atom stereocenters. The van der Waals surface area contributed by atoms with Gasteiger partial charge in [-0.3, -0.25) is 9.59 Å². The quantitative estimate of drug-likeness (QED) is 0.748. The Bertz CT molecular complexity index is 843. The third kappa shape index (κ3) is 4.15. The summed E-state index contributed by atoms with van der Waals surface area (Å²) in [5, 5.41) is 0.877. The Balaban J connectivity index is 1.63. The highest BCUT2D eigenvalue weighted by Gasteiger charge is 2.42. The summed E-state index contributed by atoms with van der Waals surface area (Å²) in [5.74, 6) is -0.615. The minimum absolute atomic E-state index is 0.00123. The van der Waals surface area contributed by atoms with E-state index in [1.807, 2.05) is 0 Å². The van der Waals surface area contributed by atoms with E-state index >= 15 is 0 Å². The smallest absolute Gasteiger partial charge is 0.228 e. The van der Waals surface area contributed by atoms with Crippen molar-refractivity contribution in [2.75, 3.05) is 25.1 Å².